The Morgan fingerprint density at radius 1 is 1.12 bits per heavy atom. The van der Waals surface area contributed by atoms with Crippen LogP contribution in [0.1, 0.15) is 55.5 Å². The summed E-state index contributed by atoms with van der Waals surface area (Å²) in [6.07, 6.45) is 5.12. The van der Waals surface area contributed by atoms with E-state index < -0.39 is 6.09 Å². The van der Waals surface area contributed by atoms with Gasteiger partial charge in [0.25, 0.3) is 0 Å². The number of halogens is 1. The molecule has 0 radical (unpaired) electrons. The zero-order valence-electron chi connectivity index (χ0n) is 23.4. The van der Waals surface area contributed by atoms with E-state index in [1.165, 1.54) is 7.11 Å². The average molecular weight is 557 g/mol. The summed E-state index contributed by atoms with van der Waals surface area (Å²) < 4.78 is 19.5. The third-order valence-corrected chi connectivity index (χ3v) is 7.82. The number of rotatable bonds is 3. The maximum absolute atomic E-state index is 14.8. The standard InChI is InChI=1S/C32H33FN4O4/c1-19-6-4-8-25(30(19)33)22-13-15-37(29(38)17-22)28-9-5-7-20(2)31(39)36-26-18-23(35-32(40)41-3)10-11-24(26)21-12-14-34-27(28)16-21/h4,6,8,10-12,14,16-18,20,28H,5,7,9,13,15H2,1-3H3,(H,35,40)(H,36,39)/t20-,28+/m1/s1. The molecule has 2 N–H and O–H groups in total. The molecular weight excluding hydrogens is 523 g/mol. The zero-order chi connectivity index (χ0) is 29.1. The van der Waals surface area contributed by atoms with Crippen LogP contribution >= 0.6 is 0 Å². The number of hydrogen-bond acceptors (Lipinski definition) is 5. The van der Waals surface area contributed by atoms with Crippen LogP contribution in [0.15, 0.2) is 60.8 Å². The topological polar surface area (TPSA) is 101 Å². The lowest BCUT2D eigenvalue weighted by Gasteiger charge is -2.34. The lowest BCUT2D eigenvalue weighted by Crippen LogP contribution is -2.38. The predicted octanol–water partition coefficient (Wildman–Crippen LogP) is 6.49. The van der Waals surface area contributed by atoms with Crippen molar-refractivity contribution in [1.29, 1.82) is 0 Å². The molecule has 0 fully saturated rings. The van der Waals surface area contributed by atoms with Crippen molar-refractivity contribution in [3.8, 4) is 11.1 Å². The van der Waals surface area contributed by atoms with Gasteiger partial charge in [-0.25, -0.2) is 9.18 Å². The summed E-state index contributed by atoms with van der Waals surface area (Å²) in [5, 5.41) is 5.66. The fourth-order valence-electron chi connectivity index (χ4n) is 5.48. The van der Waals surface area contributed by atoms with Crippen LogP contribution in [0, 0.1) is 18.7 Å². The molecule has 5 rings (SSSR count). The number of aryl methyl sites for hydroxylation is 1. The van der Waals surface area contributed by atoms with Crippen molar-refractivity contribution in [2.75, 3.05) is 24.3 Å². The Morgan fingerprint density at radius 2 is 1.95 bits per heavy atom. The number of ether oxygens (including phenoxy) is 1. The Labute approximate surface area is 238 Å². The molecule has 0 unspecified atom stereocenters. The normalized spacial score (nSPS) is 19.2. The van der Waals surface area contributed by atoms with Crippen molar-refractivity contribution in [1.82, 2.24) is 9.88 Å². The first-order valence-electron chi connectivity index (χ1n) is 13.8. The van der Waals surface area contributed by atoms with Gasteiger partial charge in [0.15, 0.2) is 0 Å². The Balaban J connectivity index is 1.51. The highest BCUT2D eigenvalue weighted by Crippen LogP contribution is 2.37. The van der Waals surface area contributed by atoms with E-state index in [9.17, 15) is 18.8 Å². The monoisotopic (exact) mass is 556 g/mol. The van der Waals surface area contributed by atoms with Crippen LogP contribution in [0.3, 0.4) is 0 Å². The number of nitrogens with zero attached hydrogens (tertiary/aromatic N) is 2. The first kappa shape index (κ1) is 28.0. The molecule has 9 heteroatoms. The Hall–Kier alpha value is -4.53. The SMILES string of the molecule is COC(=O)Nc1ccc2c(c1)NC(=O)[C@H](C)CCC[C@H](N1CCC(c3cccc(C)c3F)=CC1=O)c1cc-2ccn1. The third-order valence-electron chi connectivity index (χ3n) is 7.82. The second-order valence-corrected chi connectivity index (χ2v) is 10.6. The maximum atomic E-state index is 14.8. The minimum atomic E-state index is -0.611. The van der Waals surface area contributed by atoms with E-state index in [-0.39, 0.29) is 29.6 Å². The van der Waals surface area contributed by atoms with Gasteiger partial charge in [0, 0.05) is 41.5 Å². The van der Waals surface area contributed by atoms with Crippen molar-refractivity contribution >= 4 is 34.9 Å². The molecule has 0 saturated carbocycles. The average Bonchev–Trinajstić information content (AvgIpc) is 2.96. The van der Waals surface area contributed by atoms with Gasteiger partial charge in [0.05, 0.1) is 24.5 Å². The molecule has 2 aromatic carbocycles. The summed E-state index contributed by atoms with van der Waals surface area (Å²) in [4.78, 5) is 44.9. The van der Waals surface area contributed by atoms with Crippen molar-refractivity contribution in [2.45, 2.75) is 45.6 Å². The number of pyridine rings is 1. The lowest BCUT2D eigenvalue weighted by atomic mass is 9.92. The van der Waals surface area contributed by atoms with Crippen LogP contribution in [0.2, 0.25) is 0 Å². The molecule has 2 aliphatic heterocycles. The summed E-state index contributed by atoms with van der Waals surface area (Å²) >= 11 is 0. The number of methoxy groups -OCH3 is 1. The van der Waals surface area contributed by atoms with Crippen molar-refractivity contribution in [3.63, 3.8) is 0 Å². The van der Waals surface area contributed by atoms with E-state index >= 15 is 0 Å². The quantitative estimate of drug-likeness (QED) is 0.384. The summed E-state index contributed by atoms with van der Waals surface area (Å²) in [5.41, 5.74) is 5.05. The van der Waals surface area contributed by atoms with Crippen molar-refractivity contribution in [2.24, 2.45) is 5.92 Å². The molecule has 0 saturated heterocycles. The highest BCUT2D eigenvalue weighted by Gasteiger charge is 2.30. The predicted molar refractivity (Wildman–Crippen MR) is 156 cm³/mol. The van der Waals surface area contributed by atoms with E-state index in [1.54, 1.807) is 49.5 Å². The van der Waals surface area contributed by atoms with Gasteiger partial charge >= 0.3 is 6.09 Å². The van der Waals surface area contributed by atoms with Gasteiger partial charge in [-0.2, -0.15) is 0 Å². The number of nitrogens with one attached hydrogen (secondary N) is 2. The number of benzene rings is 2. The molecule has 8 nitrogen and oxygen atoms in total. The number of carbonyl (C=O) groups excluding carboxylic acids is 3. The van der Waals surface area contributed by atoms with Gasteiger partial charge in [-0.15, -0.1) is 0 Å². The van der Waals surface area contributed by atoms with Crippen molar-refractivity contribution in [3.05, 3.63) is 83.4 Å². The molecule has 1 aromatic heterocycles. The molecule has 0 spiro atoms. The molecule has 3 heterocycles. The number of amides is 3. The molecular formula is C32H33FN4O4. The number of carbonyl (C=O) groups is 3. The van der Waals surface area contributed by atoms with E-state index in [2.05, 4.69) is 15.6 Å². The third kappa shape index (κ3) is 5.99. The second kappa shape index (κ2) is 11.9. The minimum absolute atomic E-state index is 0.130. The second-order valence-electron chi connectivity index (χ2n) is 10.6. The van der Waals surface area contributed by atoms with E-state index in [4.69, 9.17) is 4.74 Å². The van der Waals surface area contributed by atoms with Crippen LogP contribution in [-0.2, 0) is 14.3 Å². The van der Waals surface area contributed by atoms with Gasteiger partial charge in [-0.3, -0.25) is 19.9 Å². The molecule has 2 bridgehead atoms. The first-order chi connectivity index (χ1) is 19.7. The number of aromatic nitrogens is 1. The minimum Gasteiger partial charge on any atom is -0.453 e. The van der Waals surface area contributed by atoms with E-state index in [0.29, 0.717) is 60.3 Å². The van der Waals surface area contributed by atoms with Crippen LogP contribution in [0.5, 0.6) is 0 Å². The highest BCUT2D eigenvalue weighted by atomic mass is 19.1. The molecule has 41 heavy (non-hydrogen) atoms. The highest BCUT2D eigenvalue weighted by molar-refractivity contribution is 5.99. The van der Waals surface area contributed by atoms with Gasteiger partial charge in [0.2, 0.25) is 11.8 Å². The molecule has 212 valence electrons. The summed E-state index contributed by atoms with van der Waals surface area (Å²) in [6.45, 7) is 4.03. The summed E-state index contributed by atoms with van der Waals surface area (Å²) in [6, 6.07) is 14.0. The van der Waals surface area contributed by atoms with Gasteiger partial charge < -0.3 is 15.0 Å². The summed E-state index contributed by atoms with van der Waals surface area (Å²) in [7, 11) is 1.28. The van der Waals surface area contributed by atoms with E-state index in [1.807, 2.05) is 30.0 Å². The Kier molecular flexibility index (Phi) is 8.14. The number of fused-ring (bicyclic) bond motifs is 4. The first-order valence-corrected chi connectivity index (χ1v) is 13.8. The van der Waals surface area contributed by atoms with Gasteiger partial charge in [0.1, 0.15) is 5.82 Å². The molecule has 3 amide bonds. The number of hydrogen-bond donors (Lipinski definition) is 2. The fraction of sp³-hybridized carbons (Fsp3) is 0.312. The van der Waals surface area contributed by atoms with Crippen LogP contribution < -0.4 is 10.6 Å². The van der Waals surface area contributed by atoms with Crippen LogP contribution in [0.25, 0.3) is 16.7 Å². The maximum Gasteiger partial charge on any atom is 0.411 e. The van der Waals surface area contributed by atoms with E-state index in [0.717, 1.165) is 16.8 Å². The smallest absolute Gasteiger partial charge is 0.411 e. The van der Waals surface area contributed by atoms with Crippen LogP contribution in [-0.4, -0.2) is 41.4 Å². The zero-order valence-corrected chi connectivity index (χ0v) is 23.4. The van der Waals surface area contributed by atoms with Gasteiger partial charge in [-0.1, -0.05) is 37.6 Å². The Bertz CT molecular complexity index is 1540. The van der Waals surface area contributed by atoms with Crippen LogP contribution in [0.4, 0.5) is 20.6 Å². The fourth-order valence-corrected chi connectivity index (χ4v) is 5.48. The van der Waals surface area contributed by atoms with Gasteiger partial charge in [-0.05, 0) is 67.2 Å². The number of anilines is 2. The molecule has 0 aliphatic carbocycles. The molecule has 3 aromatic rings. The largest absolute Gasteiger partial charge is 0.453 e. The van der Waals surface area contributed by atoms with Crippen molar-refractivity contribution < 1.29 is 23.5 Å². The Morgan fingerprint density at radius 3 is 2.73 bits per heavy atom. The molecule has 2 atom stereocenters. The summed E-state index contributed by atoms with van der Waals surface area (Å²) in [5.74, 6) is -0.883. The molecule has 2 aliphatic rings. The lowest BCUT2D eigenvalue weighted by molar-refractivity contribution is -0.129.